The predicted molar refractivity (Wildman–Crippen MR) is 64.3 cm³/mol. The molecule has 0 aliphatic rings. The number of carbonyl (C=O) groups is 1. The number of hydrogen-bond acceptors (Lipinski definition) is 3. The van der Waals surface area contributed by atoms with E-state index in [4.69, 9.17) is 0 Å². The van der Waals surface area contributed by atoms with Gasteiger partial charge in [0, 0.05) is 18.2 Å². The molecule has 0 atom stereocenters. The molecule has 0 saturated heterocycles. The van der Waals surface area contributed by atoms with Crippen molar-refractivity contribution in [3.05, 3.63) is 16.1 Å². The van der Waals surface area contributed by atoms with Crippen molar-refractivity contribution in [2.45, 2.75) is 52.4 Å². The Kier molecular flexibility index (Phi) is 5.54. The molecule has 84 valence electrons. The zero-order chi connectivity index (χ0) is 11.1. The molecule has 0 radical (unpaired) electrons. The average molecular weight is 225 g/mol. The first kappa shape index (κ1) is 12.4. The van der Waals surface area contributed by atoms with Gasteiger partial charge >= 0.3 is 0 Å². The number of rotatable bonds is 7. The first-order chi connectivity index (χ1) is 7.22. The molecule has 0 saturated carbocycles. The van der Waals surface area contributed by atoms with Gasteiger partial charge in [0.25, 0.3) is 0 Å². The fraction of sp³-hybridized carbons (Fsp3) is 0.667. The van der Waals surface area contributed by atoms with Crippen LogP contribution in [0.2, 0.25) is 0 Å². The van der Waals surface area contributed by atoms with E-state index in [2.05, 4.69) is 11.9 Å². The number of aromatic nitrogens is 1. The van der Waals surface area contributed by atoms with Crippen LogP contribution in [-0.4, -0.2) is 10.8 Å². The molecule has 1 rings (SSSR count). The normalized spacial score (nSPS) is 10.5. The first-order valence-corrected chi connectivity index (χ1v) is 6.53. The van der Waals surface area contributed by atoms with Gasteiger partial charge in [-0.3, -0.25) is 4.79 Å². The lowest BCUT2D eigenvalue weighted by atomic mass is 10.1. The topological polar surface area (TPSA) is 30.0 Å². The van der Waals surface area contributed by atoms with Gasteiger partial charge in [0.1, 0.15) is 5.78 Å². The highest BCUT2D eigenvalue weighted by atomic mass is 32.1. The number of aryl methyl sites for hydroxylation is 1. The van der Waals surface area contributed by atoms with E-state index in [1.54, 1.807) is 11.3 Å². The number of carbonyl (C=O) groups excluding carboxylic acids is 1. The Morgan fingerprint density at radius 1 is 1.40 bits per heavy atom. The lowest BCUT2D eigenvalue weighted by molar-refractivity contribution is -0.118. The summed E-state index contributed by atoms with van der Waals surface area (Å²) in [6.45, 7) is 4.15. The minimum absolute atomic E-state index is 0.330. The fourth-order valence-corrected chi connectivity index (χ4v) is 2.14. The highest BCUT2D eigenvalue weighted by molar-refractivity contribution is 7.09. The third kappa shape index (κ3) is 5.07. The number of nitrogens with zero attached hydrogens (tertiary/aromatic N) is 1. The quantitative estimate of drug-likeness (QED) is 0.664. The van der Waals surface area contributed by atoms with Gasteiger partial charge in [-0.2, -0.15) is 0 Å². The Bertz CT molecular complexity index is 306. The van der Waals surface area contributed by atoms with E-state index in [1.807, 2.05) is 12.3 Å². The van der Waals surface area contributed by atoms with E-state index in [1.165, 1.54) is 19.3 Å². The van der Waals surface area contributed by atoms with Gasteiger partial charge in [-0.15, -0.1) is 11.3 Å². The Morgan fingerprint density at radius 2 is 2.20 bits per heavy atom. The SMILES string of the molecule is CCCCCCC(=O)Cc1csc(C)n1. The standard InChI is InChI=1S/C12H19NOS/c1-3-4-5-6-7-12(14)8-11-9-15-10(2)13-11/h9H,3-8H2,1-2H3. The second-order valence-electron chi connectivity index (χ2n) is 3.88. The largest absolute Gasteiger partial charge is 0.299 e. The van der Waals surface area contributed by atoms with Crippen molar-refractivity contribution in [1.29, 1.82) is 0 Å². The van der Waals surface area contributed by atoms with Gasteiger partial charge in [-0.25, -0.2) is 4.98 Å². The van der Waals surface area contributed by atoms with Gasteiger partial charge < -0.3 is 0 Å². The fourth-order valence-electron chi connectivity index (χ4n) is 1.53. The maximum atomic E-state index is 11.5. The van der Waals surface area contributed by atoms with E-state index < -0.39 is 0 Å². The Morgan fingerprint density at radius 3 is 2.80 bits per heavy atom. The van der Waals surface area contributed by atoms with Gasteiger partial charge in [-0.05, 0) is 13.3 Å². The van der Waals surface area contributed by atoms with Crippen molar-refractivity contribution in [3.63, 3.8) is 0 Å². The predicted octanol–water partition coefficient (Wildman–Crippen LogP) is 3.53. The second kappa shape index (κ2) is 6.72. The molecule has 1 heterocycles. The molecule has 0 aliphatic carbocycles. The van der Waals surface area contributed by atoms with Gasteiger partial charge in [0.15, 0.2) is 0 Å². The maximum absolute atomic E-state index is 11.5. The zero-order valence-electron chi connectivity index (χ0n) is 9.58. The van der Waals surface area contributed by atoms with E-state index in [0.29, 0.717) is 12.2 Å². The van der Waals surface area contributed by atoms with Gasteiger partial charge in [0.2, 0.25) is 0 Å². The lowest BCUT2D eigenvalue weighted by Crippen LogP contribution is -2.02. The van der Waals surface area contributed by atoms with E-state index >= 15 is 0 Å². The second-order valence-corrected chi connectivity index (χ2v) is 4.95. The summed E-state index contributed by atoms with van der Waals surface area (Å²) in [5, 5.41) is 3.03. The number of Topliss-reactive ketones (excluding diaryl/α,β-unsaturated/α-hetero) is 1. The molecule has 3 heteroatoms. The van der Waals surface area contributed by atoms with Crippen LogP contribution >= 0.6 is 11.3 Å². The summed E-state index contributed by atoms with van der Waals surface area (Å²) >= 11 is 1.62. The van der Waals surface area contributed by atoms with Gasteiger partial charge in [-0.1, -0.05) is 26.2 Å². The molecule has 1 aromatic rings. The molecular weight excluding hydrogens is 206 g/mol. The number of unbranched alkanes of at least 4 members (excludes halogenated alkanes) is 3. The summed E-state index contributed by atoms with van der Waals surface area (Å²) in [6, 6.07) is 0. The van der Waals surface area contributed by atoms with Crippen LogP contribution in [0.1, 0.15) is 49.7 Å². The monoisotopic (exact) mass is 225 g/mol. The molecule has 15 heavy (non-hydrogen) atoms. The summed E-state index contributed by atoms with van der Waals surface area (Å²) in [7, 11) is 0. The average Bonchev–Trinajstić information content (AvgIpc) is 2.59. The van der Waals surface area contributed by atoms with Crippen LogP contribution in [0.15, 0.2) is 5.38 Å². The molecule has 0 spiro atoms. The molecule has 0 amide bonds. The number of hydrogen-bond donors (Lipinski definition) is 0. The smallest absolute Gasteiger partial charge is 0.138 e. The number of thiazole rings is 1. The minimum Gasteiger partial charge on any atom is -0.299 e. The van der Waals surface area contributed by atoms with Crippen LogP contribution in [0.25, 0.3) is 0 Å². The summed E-state index contributed by atoms with van der Waals surface area (Å²) in [4.78, 5) is 15.8. The molecule has 2 nitrogen and oxygen atoms in total. The molecular formula is C12H19NOS. The Hall–Kier alpha value is -0.700. The zero-order valence-corrected chi connectivity index (χ0v) is 10.4. The Balaban J connectivity index is 2.18. The highest BCUT2D eigenvalue weighted by Gasteiger charge is 2.05. The van der Waals surface area contributed by atoms with Crippen LogP contribution in [-0.2, 0) is 11.2 Å². The molecule has 0 bridgehead atoms. The summed E-state index contributed by atoms with van der Waals surface area (Å²) in [6.07, 6.45) is 5.92. The minimum atomic E-state index is 0.330. The van der Waals surface area contributed by atoms with E-state index in [0.717, 1.165) is 23.5 Å². The third-order valence-electron chi connectivity index (χ3n) is 2.35. The van der Waals surface area contributed by atoms with Crippen LogP contribution in [0.5, 0.6) is 0 Å². The Labute approximate surface area is 95.7 Å². The lowest BCUT2D eigenvalue weighted by Gasteiger charge is -1.98. The van der Waals surface area contributed by atoms with Crippen molar-refractivity contribution >= 4 is 17.1 Å². The van der Waals surface area contributed by atoms with E-state index in [9.17, 15) is 4.79 Å². The van der Waals surface area contributed by atoms with Crippen LogP contribution in [0, 0.1) is 6.92 Å². The van der Waals surface area contributed by atoms with Crippen LogP contribution < -0.4 is 0 Å². The molecule has 0 aromatic carbocycles. The molecule has 0 aliphatic heterocycles. The van der Waals surface area contributed by atoms with Crippen LogP contribution in [0.4, 0.5) is 0 Å². The molecule has 1 aromatic heterocycles. The van der Waals surface area contributed by atoms with Crippen molar-refractivity contribution in [3.8, 4) is 0 Å². The third-order valence-corrected chi connectivity index (χ3v) is 3.18. The summed E-state index contributed by atoms with van der Waals surface area (Å²) in [5.41, 5.74) is 0.943. The van der Waals surface area contributed by atoms with Crippen molar-refractivity contribution in [2.24, 2.45) is 0 Å². The number of ketones is 1. The summed E-state index contributed by atoms with van der Waals surface area (Å²) in [5.74, 6) is 0.330. The van der Waals surface area contributed by atoms with Crippen LogP contribution in [0.3, 0.4) is 0 Å². The summed E-state index contributed by atoms with van der Waals surface area (Å²) < 4.78 is 0. The highest BCUT2D eigenvalue weighted by Crippen LogP contribution is 2.10. The van der Waals surface area contributed by atoms with Gasteiger partial charge in [0.05, 0.1) is 10.7 Å². The maximum Gasteiger partial charge on any atom is 0.138 e. The van der Waals surface area contributed by atoms with E-state index in [-0.39, 0.29) is 0 Å². The molecule has 0 unspecified atom stereocenters. The van der Waals surface area contributed by atoms with Crippen molar-refractivity contribution < 1.29 is 4.79 Å². The molecule has 0 N–H and O–H groups in total. The van der Waals surface area contributed by atoms with Crippen molar-refractivity contribution in [1.82, 2.24) is 4.98 Å². The van der Waals surface area contributed by atoms with Crippen molar-refractivity contribution in [2.75, 3.05) is 0 Å². The molecule has 0 fully saturated rings. The first-order valence-electron chi connectivity index (χ1n) is 5.65.